The molecule has 0 saturated carbocycles. The lowest BCUT2D eigenvalue weighted by Gasteiger charge is -2.54. The van der Waals surface area contributed by atoms with Crippen molar-refractivity contribution >= 4 is 57.7 Å². The van der Waals surface area contributed by atoms with Crippen LogP contribution in [0.25, 0.3) is 0 Å². The van der Waals surface area contributed by atoms with Crippen LogP contribution in [0.5, 0.6) is 0 Å². The third kappa shape index (κ3) is 15.3. The van der Waals surface area contributed by atoms with Gasteiger partial charge in [-0.25, -0.2) is 4.57 Å². The summed E-state index contributed by atoms with van der Waals surface area (Å²) >= 11 is 0. The van der Waals surface area contributed by atoms with E-state index in [0.717, 1.165) is 0 Å². The molecule has 0 aromatic carbocycles. The van der Waals surface area contributed by atoms with Gasteiger partial charge in [-0.15, -0.1) is 0 Å². The van der Waals surface area contributed by atoms with Gasteiger partial charge in [0.1, 0.15) is 18.8 Å². The molecule has 0 N–H and O–H groups in total. The molecular formula is C24H61O9PSi6. The van der Waals surface area contributed by atoms with Gasteiger partial charge in [-0.2, -0.15) is 0 Å². The summed E-state index contributed by atoms with van der Waals surface area (Å²) in [7, 11) is -17.1. The van der Waals surface area contributed by atoms with Gasteiger partial charge in [0, 0.05) is 0 Å². The Labute approximate surface area is 252 Å². The molecule has 1 saturated heterocycles. The van der Waals surface area contributed by atoms with Crippen LogP contribution >= 0.6 is 7.82 Å². The monoisotopic (exact) mass is 692 g/mol. The molecule has 0 amide bonds. The highest BCUT2D eigenvalue weighted by Gasteiger charge is 2.59. The Morgan fingerprint density at radius 1 is 0.625 bits per heavy atom. The average Bonchev–Trinajstić information content (AvgIpc) is 2.58. The minimum Gasteiger partial charge on any atom is -0.410 e. The van der Waals surface area contributed by atoms with Crippen LogP contribution in [0.1, 0.15) is 0 Å². The molecule has 16 heteroatoms. The Morgan fingerprint density at radius 2 is 1.05 bits per heavy atom. The Hall–Kier alpha value is 1.21. The third-order valence-electron chi connectivity index (χ3n) is 4.74. The van der Waals surface area contributed by atoms with E-state index in [9.17, 15) is 4.57 Å². The van der Waals surface area contributed by atoms with Crippen molar-refractivity contribution in [3.05, 3.63) is 0 Å². The molecule has 9 nitrogen and oxygen atoms in total. The topological polar surface area (TPSA) is 90.9 Å². The van der Waals surface area contributed by atoms with E-state index in [-0.39, 0.29) is 19.3 Å². The van der Waals surface area contributed by atoms with Crippen molar-refractivity contribution in [2.24, 2.45) is 0 Å². The molecule has 4 unspecified atom stereocenters. The number of hydrogen-bond acceptors (Lipinski definition) is 9. The predicted molar refractivity (Wildman–Crippen MR) is 180 cm³/mol. The smallest absolute Gasteiger partial charge is 0.410 e. The van der Waals surface area contributed by atoms with Crippen molar-refractivity contribution in [2.75, 3.05) is 13.2 Å². The summed E-state index contributed by atoms with van der Waals surface area (Å²) in [6.45, 7) is 37.5. The van der Waals surface area contributed by atoms with Gasteiger partial charge in [-0.3, -0.25) is 4.52 Å². The highest BCUT2D eigenvalue weighted by Crippen LogP contribution is 2.55. The molecule has 1 fully saturated rings. The molecular weight excluding hydrogens is 632 g/mol. The Kier molecular flexibility index (Phi) is 13.0. The van der Waals surface area contributed by atoms with Crippen molar-refractivity contribution < 1.29 is 40.0 Å². The molecule has 240 valence electrons. The van der Waals surface area contributed by atoms with Crippen LogP contribution in [-0.2, 0) is 40.0 Å². The van der Waals surface area contributed by atoms with Crippen LogP contribution in [0.4, 0.5) is 0 Å². The van der Waals surface area contributed by atoms with Crippen molar-refractivity contribution in [1.29, 1.82) is 0 Å². The lowest BCUT2D eigenvalue weighted by Crippen LogP contribution is -2.70. The number of hydrogen-bond donors (Lipinski definition) is 0. The minimum atomic E-state index is -3.95. The summed E-state index contributed by atoms with van der Waals surface area (Å²) in [5.74, 6) is -1.38. The molecule has 0 radical (unpaired) electrons. The van der Waals surface area contributed by atoms with E-state index in [2.05, 4.69) is 78.6 Å². The summed E-state index contributed by atoms with van der Waals surface area (Å²) in [6.07, 6.45) is -1.45. The highest BCUT2D eigenvalue weighted by atomic mass is 31.2. The lowest BCUT2D eigenvalue weighted by molar-refractivity contribution is -0.311. The van der Waals surface area contributed by atoms with Crippen molar-refractivity contribution in [2.45, 2.75) is 142 Å². The maximum absolute atomic E-state index is 14.2. The molecule has 1 heterocycles. The first-order valence-electron chi connectivity index (χ1n) is 14.4. The number of rotatable bonds is 15. The first-order chi connectivity index (χ1) is 17.3. The predicted octanol–water partition coefficient (Wildman–Crippen LogP) is 8.05. The van der Waals surface area contributed by atoms with Gasteiger partial charge in [-0.05, 0) is 118 Å². The second-order valence-corrected chi connectivity index (χ2v) is 45.5. The van der Waals surface area contributed by atoms with Crippen molar-refractivity contribution in [1.82, 2.24) is 0 Å². The molecule has 0 bridgehead atoms. The molecule has 4 atom stereocenters. The zero-order valence-corrected chi connectivity index (χ0v) is 35.7. The summed E-state index contributed by atoms with van der Waals surface area (Å²) in [6, 6.07) is 0. The van der Waals surface area contributed by atoms with Gasteiger partial charge < -0.3 is 30.9 Å². The van der Waals surface area contributed by atoms with Crippen molar-refractivity contribution in [3.8, 4) is 0 Å². The summed E-state index contributed by atoms with van der Waals surface area (Å²) in [5.41, 5.74) is 0. The highest BCUT2D eigenvalue weighted by molar-refractivity contribution is 7.52. The molecule has 1 aliphatic rings. The zero-order valence-electron chi connectivity index (χ0n) is 28.8. The summed E-state index contributed by atoms with van der Waals surface area (Å²) < 4.78 is 66.6. The van der Waals surface area contributed by atoms with Crippen LogP contribution in [0, 0.1) is 0 Å². The van der Waals surface area contributed by atoms with Crippen LogP contribution in [-0.4, -0.2) is 87.2 Å². The molecule has 1 rings (SSSR count). The van der Waals surface area contributed by atoms with E-state index >= 15 is 0 Å². The molecule has 40 heavy (non-hydrogen) atoms. The fraction of sp³-hybridized carbons (Fsp3) is 1.00. The molecule has 1 aliphatic heterocycles. The van der Waals surface area contributed by atoms with Crippen LogP contribution in [0.2, 0.25) is 118 Å². The molecule has 0 spiro atoms. The maximum atomic E-state index is 14.2. The average molecular weight is 693 g/mol. The van der Waals surface area contributed by atoms with E-state index in [4.69, 9.17) is 35.4 Å². The van der Waals surface area contributed by atoms with Gasteiger partial charge in [0.25, 0.3) is 0 Å². The van der Waals surface area contributed by atoms with E-state index in [0.29, 0.717) is 0 Å². The van der Waals surface area contributed by atoms with E-state index in [1.54, 1.807) is 0 Å². The first-order valence-corrected chi connectivity index (χ1v) is 36.3. The number of ether oxygens (including phenoxy) is 1. The van der Waals surface area contributed by atoms with Crippen LogP contribution in [0.15, 0.2) is 0 Å². The lowest BCUT2D eigenvalue weighted by atomic mass is 9.97. The summed E-state index contributed by atoms with van der Waals surface area (Å²) in [4.78, 5) is 0. The van der Waals surface area contributed by atoms with E-state index in [1.807, 2.05) is 39.3 Å². The second-order valence-electron chi connectivity index (χ2n) is 16.6. The van der Waals surface area contributed by atoms with Gasteiger partial charge >= 0.3 is 7.82 Å². The number of phosphoric acid groups is 1. The Bertz CT molecular complexity index is 849. The van der Waals surface area contributed by atoms with Gasteiger partial charge in [0.2, 0.25) is 5.79 Å². The minimum absolute atomic E-state index is 0.177. The van der Waals surface area contributed by atoms with Gasteiger partial charge in [-0.1, -0.05) is 0 Å². The summed E-state index contributed by atoms with van der Waals surface area (Å²) in [5, 5.41) is 0. The largest absolute Gasteiger partial charge is 0.455 e. The van der Waals surface area contributed by atoms with Gasteiger partial charge in [0.15, 0.2) is 49.9 Å². The van der Waals surface area contributed by atoms with Crippen LogP contribution < -0.4 is 0 Å². The fourth-order valence-corrected chi connectivity index (χ4v) is 15.3. The normalized spacial score (nSPS) is 26.3. The SMILES string of the molecule is C[Si](C)(C)OC1COC(COP(=O)(O[Si](C)(C)C)O[Si](C)(C)C)(O[Si](C)(C)C)C(O[Si](C)(C)C)C1O[Si](C)(C)C. The Balaban J connectivity index is 3.76. The van der Waals surface area contributed by atoms with Crippen LogP contribution in [0.3, 0.4) is 0 Å². The quantitative estimate of drug-likeness (QED) is 0.125. The molecule has 0 aromatic rings. The fourth-order valence-electron chi connectivity index (χ4n) is 4.15. The third-order valence-corrected chi connectivity index (χ3v) is 15.3. The van der Waals surface area contributed by atoms with E-state index in [1.165, 1.54) is 0 Å². The first kappa shape index (κ1) is 39.2. The Morgan fingerprint density at radius 3 is 1.40 bits per heavy atom. The van der Waals surface area contributed by atoms with E-state index < -0.39 is 75.7 Å². The molecule has 0 aromatic heterocycles. The standard InChI is InChI=1S/C24H61O9PSi6/c1-35(2,3)28-21-19-26-24(31-38(10,11)12,23(30-37(7,8)9)22(21)29-36(4,5)6)20-27-34(25,32-39(13,14)15)33-40(16,17)18/h21-23H,19-20H2,1-18H3. The second kappa shape index (κ2) is 13.3. The maximum Gasteiger partial charge on any atom is 0.455 e. The van der Waals surface area contributed by atoms with Crippen molar-refractivity contribution in [3.63, 3.8) is 0 Å². The molecule has 0 aliphatic carbocycles. The zero-order chi connectivity index (χ0) is 31.8. The van der Waals surface area contributed by atoms with Gasteiger partial charge in [0.05, 0.1) is 12.7 Å².